The van der Waals surface area contributed by atoms with E-state index in [2.05, 4.69) is 55.2 Å². The van der Waals surface area contributed by atoms with Crippen molar-refractivity contribution in [1.82, 2.24) is 42.5 Å². The highest BCUT2D eigenvalue weighted by atomic mass is 15.4. The summed E-state index contributed by atoms with van der Waals surface area (Å²) in [6.07, 6.45) is 38.5. The van der Waals surface area contributed by atoms with Gasteiger partial charge in [-0.3, -0.25) is 42.5 Å². The van der Waals surface area contributed by atoms with Crippen LogP contribution in [0.25, 0.3) is 0 Å². The molecule has 288 valence electrons. The van der Waals surface area contributed by atoms with Crippen LogP contribution in [0.5, 0.6) is 0 Å². The topological polar surface area (TPSA) is 96.2 Å². The highest BCUT2D eigenvalue weighted by molar-refractivity contribution is 5.09. The van der Waals surface area contributed by atoms with E-state index in [1.54, 1.807) is 0 Å². The van der Waals surface area contributed by atoms with E-state index in [1.165, 1.54) is 154 Å². The monoisotopic (exact) mass is 705 g/mol. The first-order chi connectivity index (χ1) is 25.2. The quantitative estimate of drug-likeness (QED) is 0.0962. The van der Waals surface area contributed by atoms with Crippen LogP contribution < -0.4 is 42.5 Å². The fourth-order valence-corrected chi connectivity index (χ4v) is 14.1. The van der Waals surface area contributed by atoms with Crippen LogP contribution in [0.3, 0.4) is 0 Å². The summed E-state index contributed by atoms with van der Waals surface area (Å²) in [5.74, 6) is 6.67. The van der Waals surface area contributed by atoms with Gasteiger partial charge >= 0.3 is 0 Å². The molecule has 0 aromatic carbocycles. The molecule has 17 unspecified atom stereocenters. The van der Waals surface area contributed by atoms with Crippen molar-refractivity contribution in [3.8, 4) is 0 Å². The Morgan fingerprint density at radius 3 is 1.10 bits per heavy atom. The van der Waals surface area contributed by atoms with E-state index >= 15 is 0 Å². The maximum Gasteiger partial charge on any atom is 0.0631 e. The molecule has 5 heterocycles. The number of unbranched alkanes of at least 4 members (excludes halogenated alkanes) is 7. The molecular weight excluding hydrogens is 629 g/mol. The van der Waals surface area contributed by atoms with Gasteiger partial charge in [0.05, 0.1) is 49.3 Å². The molecule has 0 radical (unpaired) electrons. The van der Waals surface area contributed by atoms with E-state index < -0.39 is 0 Å². The lowest BCUT2D eigenvalue weighted by molar-refractivity contribution is 0.115. The molecule has 8 heteroatoms. The fraction of sp³-hybridized carbons (Fsp3) is 0.953. The van der Waals surface area contributed by atoms with E-state index in [0.717, 1.165) is 53.3 Å². The second-order valence-corrected chi connectivity index (χ2v) is 19.3. The van der Waals surface area contributed by atoms with Crippen molar-refractivity contribution in [2.24, 2.45) is 53.3 Å². The standard InChI is InChI=1S/C43H76N8/c1-2-3-4-5-6-7-8-9-10-18-27-19-17-26-34-35(27)43-50-41-33-25-16-15-24-32(33)39(48-41)46-37-29-21-12-11-20-28(29)36(44-37)45-38-30-22-13-14-23-31(30)40(47-38)49-42(34)51-43/h2,27-51H,1,3-26H2. The van der Waals surface area contributed by atoms with Gasteiger partial charge in [0.2, 0.25) is 0 Å². The van der Waals surface area contributed by atoms with Crippen molar-refractivity contribution < 1.29 is 0 Å². The van der Waals surface area contributed by atoms with Gasteiger partial charge in [0.1, 0.15) is 0 Å². The Kier molecular flexibility index (Phi) is 11.8. The zero-order valence-corrected chi connectivity index (χ0v) is 32.1. The molecule has 9 aliphatic rings. The highest BCUT2D eigenvalue weighted by Crippen LogP contribution is 2.47. The molecule has 5 aliphatic heterocycles. The molecule has 5 saturated heterocycles. The van der Waals surface area contributed by atoms with Gasteiger partial charge in [-0.05, 0) is 111 Å². The largest absolute Gasteiger partial charge is 0.286 e. The summed E-state index contributed by atoms with van der Waals surface area (Å²) >= 11 is 0. The normalized spacial score (nSPS) is 49.1. The van der Waals surface area contributed by atoms with Gasteiger partial charge in [-0.1, -0.05) is 102 Å². The molecule has 4 saturated carbocycles. The Balaban J connectivity index is 0.951. The summed E-state index contributed by atoms with van der Waals surface area (Å²) in [5.41, 5.74) is 0. The molecule has 8 nitrogen and oxygen atoms in total. The first-order valence-electron chi connectivity index (χ1n) is 22.9. The van der Waals surface area contributed by atoms with Gasteiger partial charge in [-0.15, -0.1) is 6.58 Å². The average molecular weight is 705 g/mol. The predicted octanol–water partition coefficient (Wildman–Crippen LogP) is 6.53. The Hall–Kier alpha value is -0.580. The number of allylic oxidation sites excluding steroid dienone is 1. The van der Waals surface area contributed by atoms with Crippen molar-refractivity contribution in [1.29, 1.82) is 0 Å². The van der Waals surface area contributed by atoms with Gasteiger partial charge in [0, 0.05) is 0 Å². The molecule has 0 aromatic heterocycles. The minimum absolute atomic E-state index is 0.392. The first kappa shape index (κ1) is 36.1. The molecule has 0 aromatic rings. The van der Waals surface area contributed by atoms with Crippen LogP contribution in [-0.4, -0.2) is 49.3 Å². The van der Waals surface area contributed by atoms with Crippen LogP contribution in [0.2, 0.25) is 0 Å². The van der Waals surface area contributed by atoms with Crippen LogP contribution in [0.15, 0.2) is 12.7 Å². The highest BCUT2D eigenvalue weighted by Gasteiger charge is 2.55. The molecule has 9 fully saturated rings. The van der Waals surface area contributed by atoms with E-state index in [4.69, 9.17) is 0 Å². The minimum atomic E-state index is 0.392. The molecular formula is C43H76N8. The van der Waals surface area contributed by atoms with Gasteiger partial charge in [-0.2, -0.15) is 0 Å². The summed E-state index contributed by atoms with van der Waals surface area (Å²) in [7, 11) is 0. The van der Waals surface area contributed by atoms with E-state index in [9.17, 15) is 0 Å². The smallest absolute Gasteiger partial charge is 0.0631 e. The number of nitrogens with one attached hydrogen (secondary N) is 8. The summed E-state index contributed by atoms with van der Waals surface area (Å²) in [6, 6.07) is 0. The zero-order valence-electron chi connectivity index (χ0n) is 32.1. The van der Waals surface area contributed by atoms with E-state index in [1.807, 2.05) is 0 Å². The summed E-state index contributed by atoms with van der Waals surface area (Å²) < 4.78 is 0. The molecule has 0 spiro atoms. The van der Waals surface area contributed by atoms with Crippen LogP contribution >= 0.6 is 0 Å². The van der Waals surface area contributed by atoms with Crippen molar-refractivity contribution >= 4 is 0 Å². The van der Waals surface area contributed by atoms with Crippen LogP contribution in [-0.2, 0) is 0 Å². The predicted molar refractivity (Wildman–Crippen MR) is 208 cm³/mol. The van der Waals surface area contributed by atoms with Crippen LogP contribution in [0.4, 0.5) is 0 Å². The lowest BCUT2D eigenvalue weighted by atomic mass is 9.69. The van der Waals surface area contributed by atoms with Gasteiger partial charge in [-0.25, -0.2) is 0 Å². The lowest BCUT2D eigenvalue weighted by Crippen LogP contribution is -2.61. The number of rotatable bonds is 10. The van der Waals surface area contributed by atoms with Gasteiger partial charge in [0.25, 0.3) is 0 Å². The Morgan fingerprint density at radius 1 is 0.353 bits per heavy atom. The maximum atomic E-state index is 4.42. The molecule has 8 N–H and O–H groups in total. The maximum absolute atomic E-state index is 4.42. The Morgan fingerprint density at radius 2 is 0.686 bits per heavy atom. The third-order valence-corrected chi connectivity index (χ3v) is 16.5. The number of hydrogen-bond acceptors (Lipinski definition) is 8. The molecule has 8 bridgehead atoms. The third kappa shape index (κ3) is 7.54. The molecule has 0 amide bonds. The van der Waals surface area contributed by atoms with E-state index in [0.29, 0.717) is 49.3 Å². The lowest BCUT2D eigenvalue weighted by Gasteiger charge is -2.39. The van der Waals surface area contributed by atoms with Gasteiger partial charge < -0.3 is 0 Å². The fourth-order valence-electron chi connectivity index (χ4n) is 14.1. The molecule has 9 rings (SSSR count). The van der Waals surface area contributed by atoms with Crippen LogP contribution in [0.1, 0.15) is 154 Å². The van der Waals surface area contributed by atoms with Gasteiger partial charge in [0.15, 0.2) is 0 Å². The van der Waals surface area contributed by atoms with Crippen molar-refractivity contribution in [2.45, 2.75) is 203 Å². The number of fused-ring (bicyclic) bond motifs is 20. The second-order valence-electron chi connectivity index (χ2n) is 19.3. The first-order valence-corrected chi connectivity index (χ1v) is 22.9. The second kappa shape index (κ2) is 16.6. The molecule has 4 aliphatic carbocycles. The average Bonchev–Trinajstić information content (AvgIpc) is 3.90. The van der Waals surface area contributed by atoms with Crippen molar-refractivity contribution in [3.63, 3.8) is 0 Å². The third-order valence-electron chi connectivity index (χ3n) is 16.5. The zero-order chi connectivity index (χ0) is 34.1. The summed E-state index contributed by atoms with van der Waals surface area (Å²) in [6.45, 7) is 3.90. The van der Waals surface area contributed by atoms with E-state index in [-0.39, 0.29) is 0 Å². The molecule has 51 heavy (non-hydrogen) atoms. The SMILES string of the molecule is C=CCCCCCCCCCC1CCCC2C3NC4NC(NC5NC(NC6NC(NC(N3)C12)C1CCCCC61)C1CCCCC51)C1CCCCC41. The van der Waals surface area contributed by atoms with Crippen molar-refractivity contribution in [2.75, 3.05) is 0 Å². The van der Waals surface area contributed by atoms with Crippen LogP contribution in [0, 0.1) is 53.3 Å². The van der Waals surface area contributed by atoms with Crippen molar-refractivity contribution in [3.05, 3.63) is 12.7 Å². The molecule has 17 atom stereocenters. The Bertz CT molecular complexity index is 1130. The summed E-state index contributed by atoms with van der Waals surface area (Å²) in [4.78, 5) is 0. The minimum Gasteiger partial charge on any atom is -0.286 e. The number of hydrogen-bond donors (Lipinski definition) is 8. The Labute approximate surface area is 311 Å². The summed E-state index contributed by atoms with van der Waals surface area (Å²) in [5, 5.41) is 34.6.